The van der Waals surface area contributed by atoms with Gasteiger partial charge in [-0.05, 0) is 37.0 Å². The molecule has 0 aromatic heterocycles. The Morgan fingerprint density at radius 1 is 1.18 bits per heavy atom. The van der Waals surface area contributed by atoms with Crippen molar-refractivity contribution in [2.45, 2.75) is 50.5 Å². The van der Waals surface area contributed by atoms with Crippen LogP contribution < -0.4 is 21.1 Å². The maximum absolute atomic E-state index is 12.7. The number of benzene rings is 1. The Kier molecular flexibility index (Phi) is 7.38. The summed E-state index contributed by atoms with van der Waals surface area (Å²) in [7, 11) is -3.81. The molecule has 0 bridgehead atoms. The third-order valence-electron chi connectivity index (χ3n) is 4.29. The molecule has 1 aromatic carbocycles. The molecule has 0 spiro atoms. The smallest absolute Gasteiger partial charge is 0.312 e. The molecule has 1 aromatic rings. The molecule has 0 fully saturated rings. The van der Waals surface area contributed by atoms with E-state index >= 15 is 0 Å². The molecule has 1 atom stereocenters. The average Bonchev–Trinajstić information content (AvgIpc) is 2.87. The largest absolute Gasteiger partial charge is 0.352 e. The lowest BCUT2D eigenvalue weighted by Crippen LogP contribution is -2.49. The summed E-state index contributed by atoms with van der Waals surface area (Å²) in [4.78, 5) is 27.8. The van der Waals surface area contributed by atoms with Gasteiger partial charge in [-0.2, -0.15) is 0 Å². The normalized spacial score (nSPS) is 15.9. The van der Waals surface area contributed by atoms with E-state index in [2.05, 4.69) is 20.3 Å². The van der Waals surface area contributed by atoms with Crippen molar-refractivity contribution in [2.75, 3.05) is 11.9 Å². The van der Waals surface area contributed by atoms with Crippen LogP contribution in [0.3, 0.4) is 0 Å². The summed E-state index contributed by atoms with van der Waals surface area (Å²) in [6.07, 6.45) is 3.45. The second-order valence-electron chi connectivity index (χ2n) is 6.99. The number of hydrogen-bond acceptors (Lipinski definition) is 5. The molecule has 0 aliphatic carbocycles. The lowest BCUT2D eigenvalue weighted by Gasteiger charge is -2.20. The molecule has 10 heteroatoms. The maximum Gasteiger partial charge on any atom is 0.312 e. The predicted octanol–water partition coefficient (Wildman–Crippen LogP) is 1.57. The number of nitrogens with two attached hydrogens (primary N) is 1. The summed E-state index contributed by atoms with van der Waals surface area (Å²) in [6, 6.07) is 4.26. The molecule has 0 unspecified atom stereocenters. The Balaban J connectivity index is 2.15. The number of rotatable bonds is 6. The number of aliphatic imine (C=N–C) groups is 1. The maximum atomic E-state index is 12.7. The Morgan fingerprint density at radius 3 is 2.61 bits per heavy atom. The molecule has 28 heavy (non-hydrogen) atoms. The van der Waals surface area contributed by atoms with Crippen LogP contribution in [0.1, 0.15) is 39.5 Å². The SMILES string of the molecule is CC(C)[C@H](NC(N)=O)C(=O)Nc1cccc(S(=O)(=O)NC2=NCCCCC2)c1. The summed E-state index contributed by atoms with van der Waals surface area (Å²) >= 11 is 0. The first-order valence-corrected chi connectivity index (χ1v) is 10.7. The van der Waals surface area contributed by atoms with Crippen molar-refractivity contribution >= 4 is 33.5 Å². The van der Waals surface area contributed by atoms with Gasteiger partial charge in [0.05, 0.1) is 4.90 Å². The Labute approximate surface area is 165 Å². The summed E-state index contributed by atoms with van der Waals surface area (Å²) < 4.78 is 27.9. The van der Waals surface area contributed by atoms with Gasteiger partial charge in [-0.15, -0.1) is 0 Å². The first-order chi connectivity index (χ1) is 13.2. The number of nitrogens with one attached hydrogen (secondary N) is 3. The number of anilines is 1. The number of primary amides is 1. The minimum Gasteiger partial charge on any atom is -0.352 e. The molecule has 5 N–H and O–H groups in total. The van der Waals surface area contributed by atoms with Crippen molar-refractivity contribution in [2.24, 2.45) is 16.6 Å². The molecular weight excluding hydrogens is 382 g/mol. The second-order valence-corrected chi connectivity index (χ2v) is 8.67. The first kappa shape index (κ1) is 21.7. The van der Waals surface area contributed by atoms with Gasteiger partial charge in [-0.3, -0.25) is 14.5 Å². The molecule has 0 radical (unpaired) electrons. The predicted molar refractivity (Wildman–Crippen MR) is 108 cm³/mol. The Bertz CT molecular complexity index is 851. The van der Waals surface area contributed by atoms with E-state index in [1.165, 1.54) is 18.2 Å². The number of sulfonamides is 1. The van der Waals surface area contributed by atoms with Gasteiger partial charge in [0.2, 0.25) is 5.91 Å². The fourth-order valence-corrected chi connectivity index (χ4v) is 3.96. The zero-order valence-corrected chi connectivity index (χ0v) is 16.9. The second kappa shape index (κ2) is 9.54. The van der Waals surface area contributed by atoms with E-state index in [0.29, 0.717) is 24.5 Å². The van der Waals surface area contributed by atoms with E-state index in [1.807, 2.05) is 0 Å². The lowest BCUT2D eigenvalue weighted by molar-refractivity contribution is -0.118. The van der Waals surface area contributed by atoms with Crippen LogP contribution in [0.5, 0.6) is 0 Å². The van der Waals surface area contributed by atoms with Crippen LogP contribution in [0, 0.1) is 5.92 Å². The summed E-state index contributed by atoms with van der Waals surface area (Å²) in [5.74, 6) is -0.226. The quantitative estimate of drug-likeness (QED) is 0.565. The molecule has 9 nitrogen and oxygen atoms in total. The molecule has 154 valence electrons. The highest BCUT2D eigenvalue weighted by Crippen LogP contribution is 2.17. The molecule has 2 rings (SSSR count). The number of nitrogens with zero attached hydrogens (tertiary/aromatic N) is 1. The van der Waals surface area contributed by atoms with Crippen molar-refractivity contribution in [3.8, 4) is 0 Å². The van der Waals surface area contributed by atoms with Gasteiger partial charge in [-0.25, -0.2) is 13.2 Å². The van der Waals surface area contributed by atoms with Crippen LogP contribution in [0.25, 0.3) is 0 Å². The van der Waals surface area contributed by atoms with Gasteiger partial charge in [0.15, 0.2) is 0 Å². The minimum atomic E-state index is -3.81. The molecule has 0 saturated carbocycles. The number of amidine groups is 1. The Hall–Kier alpha value is -2.62. The number of urea groups is 1. The van der Waals surface area contributed by atoms with E-state index in [0.717, 1.165) is 19.3 Å². The molecule has 1 heterocycles. The van der Waals surface area contributed by atoms with Crippen molar-refractivity contribution in [3.05, 3.63) is 24.3 Å². The Morgan fingerprint density at radius 2 is 1.93 bits per heavy atom. The van der Waals surface area contributed by atoms with Crippen molar-refractivity contribution < 1.29 is 18.0 Å². The highest BCUT2D eigenvalue weighted by molar-refractivity contribution is 7.90. The molecule has 3 amide bonds. The van der Waals surface area contributed by atoms with E-state index in [1.54, 1.807) is 19.9 Å². The number of hydrogen-bond donors (Lipinski definition) is 4. The minimum absolute atomic E-state index is 0.0150. The van der Waals surface area contributed by atoms with Crippen LogP contribution in [0.2, 0.25) is 0 Å². The zero-order chi connectivity index (χ0) is 20.7. The lowest BCUT2D eigenvalue weighted by atomic mass is 10.0. The zero-order valence-electron chi connectivity index (χ0n) is 16.1. The number of carbonyl (C=O) groups is 2. The fourth-order valence-electron chi connectivity index (χ4n) is 2.82. The van der Waals surface area contributed by atoms with Crippen molar-refractivity contribution in [3.63, 3.8) is 0 Å². The van der Waals surface area contributed by atoms with Crippen molar-refractivity contribution in [1.82, 2.24) is 10.0 Å². The van der Waals surface area contributed by atoms with Crippen LogP contribution in [0.4, 0.5) is 10.5 Å². The highest BCUT2D eigenvalue weighted by Gasteiger charge is 2.24. The van der Waals surface area contributed by atoms with Gasteiger partial charge >= 0.3 is 6.03 Å². The molecular formula is C18H27N5O4S. The van der Waals surface area contributed by atoms with Gasteiger partial charge in [-0.1, -0.05) is 26.3 Å². The average molecular weight is 410 g/mol. The van der Waals surface area contributed by atoms with Crippen LogP contribution >= 0.6 is 0 Å². The van der Waals surface area contributed by atoms with Gasteiger partial charge in [0, 0.05) is 18.7 Å². The number of amides is 3. The fraction of sp³-hybridized carbons (Fsp3) is 0.500. The third kappa shape index (κ3) is 6.22. The van der Waals surface area contributed by atoms with E-state index in [-0.39, 0.29) is 10.8 Å². The third-order valence-corrected chi connectivity index (χ3v) is 5.66. The first-order valence-electron chi connectivity index (χ1n) is 9.22. The number of carbonyl (C=O) groups excluding carboxylic acids is 2. The van der Waals surface area contributed by atoms with Gasteiger partial charge in [0.1, 0.15) is 11.9 Å². The van der Waals surface area contributed by atoms with Crippen molar-refractivity contribution in [1.29, 1.82) is 0 Å². The standard InChI is InChI=1S/C18H27N5O4S/c1-12(2)16(22-18(19)25)17(24)21-13-7-6-8-14(11-13)28(26,27)23-15-9-4-3-5-10-20-15/h6-8,11-12,16H,3-5,9-10H2,1-2H3,(H,20,23)(H,21,24)(H3,19,22,25)/t16-/m0/s1. The molecule has 0 saturated heterocycles. The topological polar surface area (TPSA) is 143 Å². The summed E-state index contributed by atoms with van der Waals surface area (Å²) in [5, 5.41) is 5.01. The summed E-state index contributed by atoms with van der Waals surface area (Å²) in [6.45, 7) is 4.13. The highest BCUT2D eigenvalue weighted by atomic mass is 32.2. The van der Waals surface area contributed by atoms with E-state index in [4.69, 9.17) is 5.73 Å². The van der Waals surface area contributed by atoms with E-state index < -0.39 is 28.0 Å². The van der Waals surface area contributed by atoms with Crippen LogP contribution in [-0.4, -0.2) is 38.8 Å². The van der Waals surface area contributed by atoms with E-state index in [9.17, 15) is 18.0 Å². The molecule has 1 aliphatic heterocycles. The monoisotopic (exact) mass is 409 g/mol. The van der Waals surface area contributed by atoms with Gasteiger partial charge in [0.25, 0.3) is 10.0 Å². The van der Waals surface area contributed by atoms with Crippen LogP contribution in [0.15, 0.2) is 34.2 Å². The van der Waals surface area contributed by atoms with Gasteiger partial charge < -0.3 is 16.4 Å². The summed E-state index contributed by atoms with van der Waals surface area (Å²) in [5.41, 5.74) is 5.41. The molecule has 1 aliphatic rings. The van der Waals surface area contributed by atoms with Crippen LogP contribution in [-0.2, 0) is 14.8 Å².